The number of fused-ring (bicyclic) bond motifs is 1. The predicted octanol–water partition coefficient (Wildman–Crippen LogP) is 1.81. The van der Waals surface area contributed by atoms with Gasteiger partial charge in [-0.05, 0) is 11.1 Å². The van der Waals surface area contributed by atoms with Crippen LogP contribution in [0.4, 0.5) is 0 Å². The number of carbonyl (C=O) groups is 1. The van der Waals surface area contributed by atoms with Gasteiger partial charge in [-0.15, -0.1) is 0 Å². The average molecular weight is 269 g/mol. The minimum atomic E-state index is -0.0137. The lowest BCUT2D eigenvalue weighted by molar-refractivity contribution is -0.120. The summed E-state index contributed by atoms with van der Waals surface area (Å²) in [5, 5.41) is 3.33. The number of imidazole rings is 1. The minimum absolute atomic E-state index is 0.0137. The molecule has 0 amide bonds. The van der Waals surface area contributed by atoms with E-state index in [-0.39, 0.29) is 5.92 Å². The molecule has 3 rings (SSSR count). The van der Waals surface area contributed by atoms with Gasteiger partial charge in [0.05, 0.1) is 5.92 Å². The molecule has 20 heavy (non-hydrogen) atoms. The number of carbonyl (C=O) groups excluding carboxylic acids is 1. The summed E-state index contributed by atoms with van der Waals surface area (Å²) in [5.41, 5.74) is 2.44. The Morgan fingerprint density at radius 2 is 2.30 bits per heavy atom. The lowest BCUT2D eigenvalue weighted by Gasteiger charge is -2.25. The van der Waals surface area contributed by atoms with Crippen LogP contribution in [0.3, 0.4) is 0 Å². The second kappa shape index (κ2) is 5.59. The molecule has 0 radical (unpaired) electrons. The van der Waals surface area contributed by atoms with Crippen LogP contribution in [0.2, 0.25) is 0 Å². The quantitative estimate of drug-likeness (QED) is 0.921. The maximum Gasteiger partial charge on any atom is 0.142 e. The predicted molar refractivity (Wildman–Crippen MR) is 77.4 cm³/mol. The first kappa shape index (κ1) is 13.1. The molecule has 1 N–H and O–H groups in total. The fraction of sp³-hybridized carbons (Fsp3) is 0.375. The van der Waals surface area contributed by atoms with Crippen LogP contribution in [0.25, 0.3) is 0 Å². The van der Waals surface area contributed by atoms with Gasteiger partial charge in [0.15, 0.2) is 0 Å². The summed E-state index contributed by atoms with van der Waals surface area (Å²) in [4.78, 5) is 16.8. The molecular formula is C16H19N3O. The van der Waals surface area contributed by atoms with Gasteiger partial charge in [-0.3, -0.25) is 4.79 Å². The SMILES string of the molecule is Cn1ccnc1CCC(=O)C1CNCc2ccccc21. The highest BCUT2D eigenvalue weighted by Gasteiger charge is 2.25. The monoisotopic (exact) mass is 269 g/mol. The Balaban J connectivity index is 1.71. The summed E-state index contributed by atoms with van der Waals surface area (Å²) in [6, 6.07) is 8.23. The van der Waals surface area contributed by atoms with E-state index in [1.807, 2.05) is 29.9 Å². The first-order valence-electron chi connectivity index (χ1n) is 7.03. The molecule has 2 aromatic rings. The summed E-state index contributed by atoms with van der Waals surface area (Å²) in [5.74, 6) is 1.25. The second-order valence-electron chi connectivity index (χ2n) is 5.30. The second-order valence-corrected chi connectivity index (χ2v) is 5.30. The molecule has 1 aliphatic rings. The number of hydrogen-bond donors (Lipinski definition) is 1. The van der Waals surface area contributed by atoms with Gasteiger partial charge in [0.25, 0.3) is 0 Å². The van der Waals surface area contributed by atoms with Crippen LogP contribution < -0.4 is 5.32 Å². The Hall–Kier alpha value is -1.94. The van der Waals surface area contributed by atoms with Crippen molar-refractivity contribution in [2.75, 3.05) is 6.54 Å². The molecule has 4 nitrogen and oxygen atoms in total. The molecular weight excluding hydrogens is 250 g/mol. The van der Waals surface area contributed by atoms with Crippen LogP contribution in [0, 0.1) is 0 Å². The standard InChI is InChI=1S/C16H19N3O/c1-19-9-8-18-16(19)7-6-15(20)14-11-17-10-12-4-2-3-5-13(12)14/h2-5,8-9,14,17H,6-7,10-11H2,1H3. The molecule has 1 atom stereocenters. The maximum absolute atomic E-state index is 12.5. The van der Waals surface area contributed by atoms with E-state index < -0.39 is 0 Å². The third kappa shape index (κ3) is 2.51. The first-order valence-corrected chi connectivity index (χ1v) is 7.03. The molecule has 0 saturated carbocycles. The fourth-order valence-corrected chi connectivity index (χ4v) is 2.83. The number of Topliss-reactive ketones (excluding diaryl/α,β-unsaturated/α-hetero) is 1. The van der Waals surface area contributed by atoms with Crippen LogP contribution in [0.15, 0.2) is 36.7 Å². The molecule has 4 heteroatoms. The molecule has 2 heterocycles. The van der Waals surface area contributed by atoms with E-state index in [1.54, 1.807) is 6.20 Å². The van der Waals surface area contributed by atoms with Gasteiger partial charge in [0.2, 0.25) is 0 Å². The van der Waals surface area contributed by atoms with Gasteiger partial charge >= 0.3 is 0 Å². The molecule has 0 bridgehead atoms. The Morgan fingerprint density at radius 1 is 1.45 bits per heavy atom. The summed E-state index contributed by atoms with van der Waals surface area (Å²) >= 11 is 0. The van der Waals surface area contributed by atoms with E-state index in [0.717, 1.165) is 18.9 Å². The van der Waals surface area contributed by atoms with E-state index in [2.05, 4.69) is 22.4 Å². The third-order valence-corrected chi connectivity index (χ3v) is 4.00. The van der Waals surface area contributed by atoms with E-state index in [0.29, 0.717) is 18.6 Å². The topological polar surface area (TPSA) is 46.9 Å². The van der Waals surface area contributed by atoms with Gasteiger partial charge < -0.3 is 9.88 Å². The number of aromatic nitrogens is 2. The Kier molecular flexibility index (Phi) is 3.65. The van der Waals surface area contributed by atoms with Crippen molar-refractivity contribution < 1.29 is 4.79 Å². The summed E-state index contributed by atoms with van der Waals surface area (Å²) in [7, 11) is 1.96. The van der Waals surface area contributed by atoms with Crippen LogP contribution in [0.5, 0.6) is 0 Å². The van der Waals surface area contributed by atoms with Crippen molar-refractivity contribution in [1.82, 2.24) is 14.9 Å². The number of aryl methyl sites for hydroxylation is 2. The zero-order chi connectivity index (χ0) is 13.9. The Bertz CT molecular complexity index is 618. The molecule has 0 spiro atoms. The third-order valence-electron chi connectivity index (χ3n) is 4.00. The Morgan fingerprint density at radius 3 is 3.10 bits per heavy atom. The van der Waals surface area contributed by atoms with Crippen LogP contribution in [0.1, 0.15) is 29.3 Å². The summed E-state index contributed by atoms with van der Waals surface area (Å²) < 4.78 is 1.97. The van der Waals surface area contributed by atoms with Gasteiger partial charge in [-0.1, -0.05) is 24.3 Å². The van der Waals surface area contributed by atoms with Crippen molar-refractivity contribution in [3.05, 3.63) is 53.6 Å². The molecule has 1 aromatic carbocycles. The van der Waals surface area contributed by atoms with Crippen molar-refractivity contribution >= 4 is 5.78 Å². The van der Waals surface area contributed by atoms with E-state index >= 15 is 0 Å². The normalized spacial score (nSPS) is 17.8. The zero-order valence-corrected chi connectivity index (χ0v) is 11.7. The van der Waals surface area contributed by atoms with Crippen LogP contribution in [-0.4, -0.2) is 21.9 Å². The van der Waals surface area contributed by atoms with E-state index in [1.165, 1.54) is 11.1 Å². The van der Waals surface area contributed by atoms with E-state index in [4.69, 9.17) is 0 Å². The zero-order valence-electron chi connectivity index (χ0n) is 11.7. The highest BCUT2D eigenvalue weighted by Crippen LogP contribution is 2.25. The van der Waals surface area contributed by atoms with Gasteiger partial charge in [0.1, 0.15) is 11.6 Å². The Labute approximate surface area is 118 Å². The molecule has 1 aromatic heterocycles. The van der Waals surface area contributed by atoms with Gasteiger partial charge in [0, 0.05) is 45.4 Å². The molecule has 1 aliphatic heterocycles. The van der Waals surface area contributed by atoms with Crippen molar-refractivity contribution in [3.8, 4) is 0 Å². The number of ketones is 1. The first-order chi connectivity index (χ1) is 9.75. The number of hydrogen-bond acceptors (Lipinski definition) is 3. The van der Waals surface area contributed by atoms with Gasteiger partial charge in [-0.25, -0.2) is 4.98 Å². The number of benzene rings is 1. The number of rotatable bonds is 4. The minimum Gasteiger partial charge on any atom is -0.338 e. The van der Waals surface area contributed by atoms with E-state index in [9.17, 15) is 4.79 Å². The van der Waals surface area contributed by atoms with Crippen LogP contribution >= 0.6 is 0 Å². The average Bonchev–Trinajstić information content (AvgIpc) is 2.89. The maximum atomic E-state index is 12.5. The molecule has 0 fully saturated rings. The molecule has 0 saturated heterocycles. The van der Waals surface area contributed by atoms with Crippen LogP contribution in [-0.2, 0) is 24.8 Å². The van der Waals surface area contributed by atoms with Gasteiger partial charge in [-0.2, -0.15) is 0 Å². The molecule has 104 valence electrons. The van der Waals surface area contributed by atoms with Crippen molar-refractivity contribution in [1.29, 1.82) is 0 Å². The number of nitrogens with one attached hydrogen (secondary N) is 1. The smallest absolute Gasteiger partial charge is 0.142 e. The lowest BCUT2D eigenvalue weighted by Crippen LogP contribution is -2.32. The molecule has 1 unspecified atom stereocenters. The van der Waals surface area contributed by atoms with Crippen molar-refractivity contribution in [2.45, 2.75) is 25.3 Å². The summed E-state index contributed by atoms with van der Waals surface area (Å²) in [6.45, 7) is 1.61. The fourth-order valence-electron chi connectivity index (χ4n) is 2.83. The highest BCUT2D eigenvalue weighted by atomic mass is 16.1. The lowest BCUT2D eigenvalue weighted by atomic mass is 9.86. The van der Waals surface area contributed by atoms with Crippen molar-refractivity contribution in [3.63, 3.8) is 0 Å². The number of nitrogens with zero attached hydrogens (tertiary/aromatic N) is 2. The highest BCUT2D eigenvalue weighted by molar-refractivity contribution is 5.86. The largest absolute Gasteiger partial charge is 0.338 e. The molecule has 0 aliphatic carbocycles. The van der Waals surface area contributed by atoms with Crippen molar-refractivity contribution in [2.24, 2.45) is 7.05 Å². The summed E-state index contributed by atoms with van der Waals surface area (Å²) in [6.07, 6.45) is 4.95.